The second-order valence-corrected chi connectivity index (χ2v) is 5.98. The average molecular weight is 286 g/mol. The highest BCUT2D eigenvalue weighted by Gasteiger charge is 2.18. The van der Waals surface area contributed by atoms with Gasteiger partial charge in [-0.15, -0.1) is 11.6 Å². The number of nitrogens with one attached hydrogen (secondary N) is 1. The molecule has 1 amide bonds. The van der Waals surface area contributed by atoms with Crippen LogP contribution >= 0.6 is 11.6 Å². The van der Waals surface area contributed by atoms with Crippen molar-refractivity contribution in [2.45, 2.75) is 33.6 Å². The topological polar surface area (TPSA) is 29.1 Å². The zero-order valence-electron chi connectivity index (χ0n) is 11.7. The summed E-state index contributed by atoms with van der Waals surface area (Å²) in [6.07, 6.45) is 1.89. The first-order valence-electron chi connectivity index (χ1n) is 6.46. The maximum atomic E-state index is 13.1. The Balaban J connectivity index is 2.57. The van der Waals surface area contributed by atoms with Crippen LogP contribution in [0, 0.1) is 18.2 Å². The standard InChI is InChI=1S/C15H21ClFNO/c1-11-9-12(5-6-13(11)17)14(19)18-10-15(2,3)7-4-8-16/h5-6,9H,4,7-8,10H2,1-3H3,(H,18,19). The monoisotopic (exact) mass is 285 g/mol. The van der Waals surface area contributed by atoms with Gasteiger partial charge in [0.05, 0.1) is 0 Å². The summed E-state index contributed by atoms with van der Waals surface area (Å²) in [5, 5.41) is 2.89. The molecule has 1 aromatic rings. The number of carbonyl (C=O) groups excluding carboxylic acids is 1. The number of benzene rings is 1. The molecule has 0 aliphatic rings. The molecule has 0 fully saturated rings. The molecule has 0 aliphatic carbocycles. The summed E-state index contributed by atoms with van der Waals surface area (Å²) in [5.74, 6) is 0.176. The van der Waals surface area contributed by atoms with Crippen molar-refractivity contribution in [2.75, 3.05) is 12.4 Å². The van der Waals surface area contributed by atoms with E-state index in [1.165, 1.54) is 12.1 Å². The maximum absolute atomic E-state index is 13.1. The minimum absolute atomic E-state index is 0.0135. The van der Waals surface area contributed by atoms with Gasteiger partial charge in [0.15, 0.2) is 0 Å². The van der Waals surface area contributed by atoms with Crippen LogP contribution in [0.4, 0.5) is 4.39 Å². The van der Waals surface area contributed by atoms with Crippen LogP contribution in [-0.4, -0.2) is 18.3 Å². The van der Waals surface area contributed by atoms with E-state index in [0.717, 1.165) is 12.8 Å². The summed E-state index contributed by atoms with van der Waals surface area (Å²) in [4.78, 5) is 12.0. The second kappa shape index (κ2) is 6.90. The summed E-state index contributed by atoms with van der Waals surface area (Å²) in [7, 11) is 0. The third kappa shape index (κ3) is 5.19. The predicted molar refractivity (Wildman–Crippen MR) is 77.2 cm³/mol. The van der Waals surface area contributed by atoms with E-state index in [1.807, 2.05) is 0 Å². The van der Waals surface area contributed by atoms with Crippen LogP contribution in [0.3, 0.4) is 0 Å². The lowest BCUT2D eigenvalue weighted by Crippen LogP contribution is -2.34. The fraction of sp³-hybridized carbons (Fsp3) is 0.533. The Bertz CT molecular complexity index is 446. The van der Waals surface area contributed by atoms with Gasteiger partial charge < -0.3 is 5.32 Å². The molecule has 0 atom stereocenters. The van der Waals surface area contributed by atoms with E-state index in [-0.39, 0.29) is 17.1 Å². The largest absolute Gasteiger partial charge is 0.352 e. The van der Waals surface area contributed by atoms with Crippen LogP contribution in [0.2, 0.25) is 0 Å². The van der Waals surface area contributed by atoms with Crippen LogP contribution in [0.15, 0.2) is 18.2 Å². The highest BCUT2D eigenvalue weighted by molar-refractivity contribution is 6.17. The lowest BCUT2D eigenvalue weighted by atomic mass is 9.88. The summed E-state index contributed by atoms with van der Waals surface area (Å²) in [6, 6.07) is 4.39. The highest BCUT2D eigenvalue weighted by Crippen LogP contribution is 2.21. The van der Waals surface area contributed by atoms with Gasteiger partial charge in [-0.05, 0) is 48.9 Å². The Morgan fingerprint density at radius 1 is 1.42 bits per heavy atom. The van der Waals surface area contributed by atoms with E-state index >= 15 is 0 Å². The van der Waals surface area contributed by atoms with E-state index in [0.29, 0.717) is 23.6 Å². The van der Waals surface area contributed by atoms with Crippen molar-refractivity contribution in [2.24, 2.45) is 5.41 Å². The van der Waals surface area contributed by atoms with E-state index in [2.05, 4.69) is 19.2 Å². The SMILES string of the molecule is Cc1cc(C(=O)NCC(C)(C)CCCCl)ccc1F. The first-order chi connectivity index (χ1) is 8.85. The van der Waals surface area contributed by atoms with Crippen molar-refractivity contribution in [1.82, 2.24) is 5.32 Å². The molecule has 0 aliphatic heterocycles. The zero-order valence-corrected chi connectivity index (χ0v) is 12.5. The Morgan fingerprint density at radius 2 is 2.11 bits per heavy atom. The minimum atomic E-state index is -0.293. The predicted octanol–water partition coefficient (Wildman–Crippen LogP) is 3.91. The van der Waals surface area contributed by atoms with Crippen molar-refractivity contribution < 1.29 is 9.18 Å². The average Bonchev–Trinajstić information content (AvgIpc) is 2.37. The van der Waals surface area contributed by atoms with Gasteiger partial charge in [-0.25, -0.2) is 4.39 Å². The molecular weight excluding hydrogens is 265 g/mol. The third-order valence-electron chi connectivity index (χ3n) is 3.13. The minimum Gasteiger partial charge on any atom is -0.352 e. The van der Waals surface area contributed by atoms with Gasteiger partial charge in [0.2, 0.25) is 0 Å². The fourth-order valence-corrected chi connectivity index (χ4v) is 1.97. The fourth-order valence-electron chi connectivity index (χ4n) is 1.84. The first-order valence-corrected chi connectivity index (χ1v) is 6.99. The summed E-state index contributed by atoms with van der Waals surface area (Å²) >= 11 is 5.68. The molecule has 0 saturated heterocycles. The number of hydrogen-bond donors (Lipinski definition) is 1. The van der Waals surface area contributed by atoms with Gasteiger partial charge in [-0.2, -0.15) is 0 Å². The first kappa shape index (κ1) is 16.0. The highest BCUT2D eigenvalue weighted by atomic mass is 35.5. The molecule has 0 heterocycles. The van der Waals surface area contributed by atoms with Crippen LogP contribution in [-0.2, 0) is 0 Å². The number of carbonyl (C=O) groups is 1. The van der Waals surface area contributed by atoms with Crippen LogP contribution < -0.4 is 5.32 Å². The number of rotatable bonds is 6. The molecule has 0 spiro atoms. The molecular formula is C15H21ClFNO. The Hall–Kier alpha value is -1.09. The molecule has 1 aromatic carbocycles. The molecule has 4 heteroatoms. The number of amides is 1. The lowest BCUT2D eigenvalue weighted by Gasteiger charge is -2.24. The molecule has 1 N–H and O–H groups in total. The van der Waals surface area contributed by atoms with E-state index < -0.39 is 0 Å². The summed E-state index contributed by atoms with van der Waals surface area (Å²) < 4.78 is 13.1. The number of alkyl halides is 1. The van der Waals surface area contributed by atoms with Gasteiger partial charge in [0.1, 0.15) is 5.82 Å². The lowest BCUT2D eigenvalue weighted by molar-refractivity contribution is 0.0934. The quantitative estimate of drug-likeness (QED) is 0.789. The number of hydrogen-bond acceptors (Lipinski definition) is 1. The molecule has 0 saturated carbocycles. The molecule has 0 radical (unpaired) electrons. The molecule has 106 valence electrons. The number of aryl methyl sites for hydroxylation is 1. The Kier molecular flexibility index (Phi) is 5.80. The van der Waals surface area contributed by atoms with Crippen molar-refractivity contribution in [3.63, 3.8) is 0 Å². The Labute approximate surface area is 119 Å². The van der Waals surface area contributed by atoms with Crippen molar-refractivity contribution in [3.8, 4) is 0 Å². The zero-order chi connectivity index (χ0) is 14.5. The summed E-state index contributed by atoms with van der Waals surface area (Å²) in [6.45, 7) is 6.42. The van der Waals surface area contributed by atoms with Crippen molar-refractivity contribution in [3.05, 3.63) is 35.1 Å². The van der Waals surface area contributed by atoms with Gasteiger partial charge in [0, 0.05) is 18.0 Å². The van der Waals surface area contributed by atoms with Gasteiger partial charge in [-0.3, -0.25) is 4.79 Å². The molecule has 2 nitrogen and oxygen atoms in total. The summed E-state index contributed by atoms with van der Waals surface area (Å²) in [5.41, 5.74) is 0.987. The molecule has 0 aromatic heterocycles. The van der Waals surface area contributed by atoms with E-state index in [9.17, 15) is 9.18 Å². The molecule has 19 heavy (non-hydrogen) atoms. The van der Waals surface area contributed by atoms with Crippen LogP contribution in [0.25, 0.3) is 0 Å². The van der Waals surface area contributed by atoms with Gasteiger partial charge in [-0.1, -0.05) is 13.8 Å². The van der Waals surface area contributed by atoms with Gasteiger partial charge >= 0.3 is 0 Å². The molecule has 0 bridgehead atoms. The smallest absolute Gasteiger partial charge is 0.251 e. The number of halogens is 2. The van der Waals surface area contributed by atoms with Gasteiger partial charge in [0.25, 0.3) is 5.91 Å². The van der Waals surface area contributed by atoms with Crippen molar-refractivity contribution in [1.29, 1.82) is 0 Å². The molecule has 1 rings (SSSR count). The molecule has 0 unspecified atom stereocenters. The normalized spacial score (nSPS) is 11.4. The Morgan fingerprint density at radius 3 is 2.68 bits per heavy atom. The van der Waals surface area contributed by atoms with Crippen molar-refractivity contribution >= 4 is 17.5 Å². The van der Waals surface area contributed by atoms with Crippen LogP contribution in [0.5, 0.6) is 0 Å². The third-order valence-corrected chi connectivity index (χ3v) is 3.40. The van der Waals surface area contributed by atoms with E-state index in [1.54, 1.807) is 13.0 Å². The maximum Gasteiger partial charge on any atom is 0.251 e. The van der Waals surface area contributed by atoms with E-state index in [4.69, 9.17) is 11.6 Å². The second-order valence-electron chi connectivity index (χ2n) is 5.60. The van der Waals surface area contributed by atoms with Crippen LogP contribution in [0.1, 0.15) is 42.6 Å².